The van der Waals surface area contributed by atoms with E-state index in [1.807, 2.05) is 26.1 Å². The van der Waals surface area contributed by atoms with Crippen LogP contribution in [0.5, 0.6) is 5.75 Å². The number of rotatable bonds is 9. The lowest BCUT2D eigenvalue weighted by molar-refractivity contribution is -0.143. The van der Waals surface area contributed by atoms with Crippen LogP contribution in [-0.2, 0) is 24.8 Å². The topological polar surface area (TPSA) is 128 Å². The van der Waals surface area contributed by atoms with Crippen LogP contribution in [0, 0.1) is 12.8 Å². The number of aryl methyl sites for hydroxylation is 3. The Kier molecular flexibility index (Phi) is 7.17. The number of ether oxygens (including phenoxy) is 1. The molecule has 1 aliphatic rings. The molecule has 3 aromatic rings. The molecule has 176 valence electrons. The first-order valence-electron chi connectivity index (χ1n) is 11.3. The van der Waals surface area contributed by atoms with E-state index in [2.05, 4.69) is 31.9 Å². The average Bonchev–Trinajstić information content (AvgIpc) is 3.40. The zero-order chi connectivity index (χ0) is 23.4. The average molecular weight is 472 g/mol. The highest BCUT2D eigenvalue weighted by molar-refractivity contribution is 7.09. The van der Waals surface area contributed by atoms with Gasteiger partial charge in [0.25, 0.3) is 0 Å². The molecule has 3 heterocycles. The number of nitrogens with zero attached hydrogens (tertiary/aromatic N) is 6. The van der Waals surface area contributed by atoms with Crippen LogP contribution in [0.15, 0.2) is 12.1 Å². The Hall–Kier alpha value is -3.08. The third-order valence-corrected chi connectivity index (χ3v) is 6.55. The molecular formula is C22H29N7O3S. The van der Waals surface area contributed by atoms with Crippen LogP contribution >= 0.6 is 11.5 Å². The smallest absolute Gasteiger partial charge is 0.306 e. The van der Waals surface area contributed by atoms with Gasteiger partial charge in [0.15, 0.2) is 0 Å². The molecule has 11 heteroatoms. The number of carboxylic acids is 1. The van der Waals surface area contributed by atoms with Crippen LogP contribution in [0.25, 0.3) is 11.4 Å². The second-order valence-corrected chi connectivity index (χ2v) is 9.10. The third-order valence-electron chi connectivity index (χ3n) is 5.84. The summed E-state index contributed by atoms with van der Waals surface area (Å²) in [5.41, 5.74) is 3.03. The predicted molar refractivity (Wildman–Crippen MR) is 124 cm³/mol. The molecule has 0 spiro atoms. The van der Waals surface area contributed by atoms with Crippen molar-refractivity contribution < 1.29 is 14.6 Å². The van der Waals surface area contributed by atoms with Crippen LogP contribution in [0.2, 0.25) is 0 Å². The summed E-state index contributed by atoms with van der Waals surface area (Å²) in [6.07, 6.45) is 4.73. The molecular weight excluding hydrogens is 442 g/mol. The van der Waals surface area contributed by atoms with Gasteiger partial charge in [-0.15, -0.1) is 5.10 Å². The zero-order valence-electron chi connectivity index (χ0n) is 19.1. The van der Waals surface area contributed by atoms with E-state index in [-0.39, 0.29) is 12.0 Å². The molecule has 0 saturated heterocycles. The van der Waals surface area contributed by atoms with Crippen LogP contribution < -0.4 is 10.1 Å². The number of nitrogens with one attached hydrogen (secondary N) is 1. The van der Waals surface area contributed by atoms with Crippen LogP contribution in [0.4, 0.5) is 5.13 Å². The second-order valence-electron chi connectivity index (χ2n) is 8.35. The number of anilines is 1. The molecule has 4 rings (SSSR count). The van der Waals surface area contributed by atoms with Crippen molar-refractivity contribution >= 4 is 22.6 Å². The molecule has 2 atom stereocenters. The van der Waals surface area contributed by atoms with E-state index < -0.39 is 5.97 Å². The molecule has 0 unspecified atom stereocenters. The zero-order valence-corrected chi connectivity index (χ0v) is 19.9. The lowest BCUT2D eigenvalue weighted by Crippen LogP contribution is -2.29. The SMILES string of the molecule is CCCc1nsc(NCc2c(-c3ccc(O[C@H]4CCC[C@H](C(=O)O)C4)c(C)n3)nnn2C)n1. The molecule has 0 bridgehead atoms. The highest BCUT2D eigenvalue weighted by Gasteiger charge is 2.28. The molecule has 3 aromatic heterocycles. The van der Waals surface area contributed by atoms with Gasteiger partial charge in [0.05, 0.1) is 35.6 Å². The molecule has 0 aliphatic heterocycles. The number of hydrogen-bond donors (Lipinski definition) is 2. The molecule has 10 nitrogen and oxygen atoms in total. The van der Waals surface area contributed by atoms with Crippen LogP contribution in [0.1, 0.15) is 56.2 Å². The summed E-state index contributed by atoms with van der Waals surface area (Å²) in [6, 6.07) is 3.76. The molecule has 0 aromatic carbocycles. The standard InChI is InChI=1S/C22H29N7O3S/c1-4-6-19-25-22(33-27-19)23-12-17-20(26-28-29(17)3)16-9-10-18(13(2)24-16)32-15-8-5-7-14(11-15)21(30)31/h9-10,14-15H,4-8,11-12H2,1-3H3,(H,30,31)(H,23,25,27)/t14-,15-/m0/s1. The fraction of sp³-hybridized carbons (Fsp3) is 0.545. The Morgan fingerprint density at radius 3 is 2.94 bits per heavy atom. The Morgan fingerprint density at radius 1 is 1.33 bits per heavy atom. The van der Waals surface area contributed by atoms with E-state index >= 15 is 0 Å². The number of carboxylic acid groups (broad SMARTS) is 1. The van der Waals surface area contributed by atoms with Crippen molar-refractivity contribution in [3.63, 3.8) is 0 Å². The monoisotopic (exact) mass is 471 g/mol. The van der Waals surface area contributed by atoms with Gasteiger partial charge in [-0.25, -0.2) is 14.6 Å². The first-order valence-corrected chi connectivity index (χ1v) is 12.0. The van der Waals surface area contributed by atoms with Crippen molar-refractivity contribution in [1.82, 2.24) is 29.3 Å². The van der Waals surface area contributed by atoms with Gasteiger partial charge in [-0.3, -0.25) is 4.79 Å². The Bertz CT molecular complexity index is 1110. The van der Waals surface area contributed by atoms with Gasteiger partial charge in [0.1, 0.15) is 17.3 Å². The largest absolute Gasteiger partial charge is 0.489 e. The van der Waals surface area contributed by atoms with E-state index in [1.54, 1.807) is 4.68 Å². The summed E-state index contributed by atoms with van der Waals surface area (Å²) in [6.45, 7) is 4.49. The van der Waals surface area contributed by atoms with Crippen LogP contribution in [-0.4, -0.2) is 46.5 Å². The van der Waals surface area contributed by atoms with Gasteiger partial charge in [-0.05, 0) is 51.2 Å². The maximum absolute atomic E-state index is 11.3. The van der Waals surface area contributed by atoms with E-state index in [4.69, 9.17) is 9.72 Å². The maximum atomic E-state index is 11.3. The highest BCUT2D eigenvalue weighted by Crippen LogP contribution is 2.30. The predicted octanol–water partition coefficient (Wildman–Crippen LogP) is 3.62. The summed E-state index contributed by atoms with van der Waals surface area (Å²) in [5, 5.41) is 21.9. The molecule has 1 fully saturated rings. The first kappa shape index (κ1) is 23.1. The van der Waals surface area contributed by atoms with Gasteiger partial charge in [-0.1, -0.05) is 12.1 Å². The number of aromatic nitrogens is 6. The van der Waals surface area contributed by atoms with Gasteiger partial charge in [-0.2, -0.15) is 4.37 Å². The Labute approximate surface area is 196 Å². The van der Waals surface area contributed by atoms with Gasteiger partial charge >= 0.3 is 5.97 Å². The van der Waals surface area contributed by atoms with Crippen molar-refractivity contribution in [3.8, 4) is 17.1 Å². The van der Waals surface area contributed by atoms with E-state index in [0.29, 0.717) is 36.5 Å². The quantitative estimate of drug-likeness (QED) is 0.481. The molecule has 0 radical (unpaired) electrons. The minimum atomic E-state index is -0.743. The van der Waals surface area contributed by atoms with Gasteiger partial charge in [0, 0.05) is 25.0 Å². The Morgan fingerprint density at radius 2 is 2.18 bits per heavy atom. The van der Waals surface area contributed by atoms with E-state index in [0.717, 1.165) is 48.0 Å². The third kappa shape index (κ3) is 5.47. The minimum absolute atomic E-state index is 0.105. The van der Waals surface area contributed by atoms with E-state index in [9.17, 15) is 9.90 Å². The fourth-order valence-corrected chi connectivity index (χ4v) is 4.65. The van der Waals surface area contributed by atoms with Crippen molar-refractivity contribution in [2.75, 3.05) is 5.32 Å². The summed E-state index contributed by atoms with van der Waals surface area (Å²) in [7, 11) is 1.85. The lowest BCUT2D eigenvalue weighted by Gasteiger charge is -2.27. The number of carbonyl (C=O) groups is 1. The maximum Gasteiger partial charge on any atom is 0.306 e. The first-order chi connectivity index (χ1) is 15.9. The summed E-state index contributed by atoms with van der Waals surface area (Å²) in [5.74, 6) is 0.453. The fourth-order valence-electron chi connectivity index (χ4n) is 4.04. The molecule has 0 amide bonds. The molecule has 33 heavy (non-hydrogen) atoms. The minimum Gasteiger partial charge on any atom is -0.489 e. The van der Waals surface area contributed by atoms with Crippen molar-refractivity contribution in [1.29, 1.82) is 0 Å². The summed E-state index contributed by atoms with van der Waals surface area (Å²) < 4.78 is 12.2. The summed E-state index contributed by atoms with van der Waals surface area (Å²) in [4.78, 5) is 20.6. The van der Waals surface area contributed by atoms with Gasteiger partial charge < -0.3 is 15.2 Å². The summed E-state index contributed by atoms with van der Waals surface area (Å²) >= 11 is 1.35. The molecule has 2 N–H and O–H groups in total. The van der Waals surface area contributed by atoms with Crippen molar-refractivity contribution in [2.24, 2.45) is 13.0 Å². The number of hydrogen-bond acceptors (Lipinski definition) is 9. The molecule has 1 saturated carbocycles. The van der Waals surface area contributed by atoms with Crippen molar-refractivity contribution in [3.05, 3.63) is 29.3 Å². The normalized spacial score (nSPS) is 18.3. The van der Waals surface area contributed by atoms with Crippen LogP contribution in [0.3, 0.4) is 0 Å². The number of aliphatic carboxylic acids is 1. The van der Waals surface area contributed by atoms with E-state index in [1.165, 1.54) is 11.5 Å². The van der Waals surface area contributed by atoms with Crippen molar-refractivity contribution in [2.45, 2.75) is 65.0 Å². The highest BCUT2D eigenvalue weighted by atomic mass is 32.1. The lowest BCUT2D eigenvalue weighted by atomic mass is 9.87. The van der Waals surface area contributed by atoms with Gasteiger partial charge in [0.2, 0.25) is 5.13 Å². The molecule has 1 aliphatic carbocycles. The second kappa shape index (κ2) is 10.2. The number of pyridine rings is 1. The Balaban J connectivity index is 1.46.